The van der Waals surface area contributed by atoms with Crippen LogP contribution in [0.15, 0.2) is 47.6 Å². The molecule has 1 aromatic carbocycles. The summed E-state index contributed by atoms with van der Waals surface area (Å²) in [6, 6.07) is 12.1. The Kier molecular flexibility index (Phi) is 8.75. The molecule has 3 rings (SSSR count). The minimum absolute atomic E-state index is 0. The first-order valence-electron chi connectivity index (χ1n) is 9.45. The largest absolute Gasteiger partial charge is 0.359 e. The molecule has 1 aliphatic heterocycles. The molecule has 1 amide bonds. The number of amides is 1. The lowest BCUT2D eigenvalue weighted by atomic mass is 9.93. The zero-order chi connectivity index (χ0) is 19.1. The number of hydrogen-bond acceptors (Lipinski definition) is 3. The Morgan fingerprint density at radius 2 is 1.93 bits per heavy atom. The van der Waals surface area contributed by atoms with E-state index in [1.165, 1.54) is 0 Å². The Balaban J connectivity index is 0.00000280. The van der Waals surface area contributed by atoms with Gasteiger partial charge in [-0.05, 0) is 37.0 Å². The van der Waals surface area contributed by atoms with Crippen molar-refractivity contribution in [1.82, 2.24) is 25.3 Å². The Labute approximate surface area is 183 Å². The van der Waals surface area contributed by atoms with Crippen LogP contribution in [-0.4, -0.2) is 53.7 Å². The molecule has 1 aliphatic rings. The molecule has 28 heavy (non-hydrogen) atoms. The fourth-order valence-corrected chi connectivity index (χ4v) is 3.40. The maximum atomic E-state index is 11.5. The molecule has 0 atom stereocenters. The van der Waals surface area contributed by atoms with Crippen molar-refractivity contribution in [2.24, 2.45) is 10.9 Å². The second-order valence-electron chi connectivity index (χ2n) is 6.80. The maximum absolute atomic E-state index is 11.5. The summed E-state index contributed by atoms with van der Waals surface area (Å²) in [5.74, 6) is 1.48. The highest BCUT2D eigenvalue weighted by atomic mass is 127. The standard InChI is InChI=1S/C20H28N6O.HI/c1-21-19(27)14-16-8-11-25(12-9-16)20(22-2)23-15-17-10-13-26(24-17)18-6-4-3-5-7-18;/h3-7,10,13,16H,8-9,11-12,14-15H2,1-2H3,(H,21,27)(H,22,23);1H. The van der Waals surface area contributed by atoms with Gasteiger partial charge in [0.1, 0.15) is 0 Å². The average molecular weight is 496 g/mol. The third-order valence-corrected chi connectivity index (χ3v) is 4.97. The van der Waals surface area contributed by atoms with Crippen molar-refractivity contribution < 1.29 is 4.79 Å². The molecule has 1 saturated heterocycles. The third kappa shape index (κ3) is 5.95. The number of carbonyl (C=O) groups excluding carboxylic acids is 1. The number of para-hydroxylation sites is 1. The predicted molar refractivity (Wildman–Crippen MR) is 122 cm³/mol. The van der Waals surface area contributed by atoms with Crippen LogP contribution in [0.3, 0.4) is 0 Å². The molecular weight excluding hydrogens is 467 g/mol. The predicted octanol–water partition coefficient (Wildman–Crippen LogP) is 2.41. The minimum Gasteiger partial charge on any atom is -0.359 e. The third-order valence-electron chi connectivity index (χ3n) is 4.97. The van der Waals surface area contributed by atoms with Crippen molar-refractivity contribution in [2.75, 3.05) is 27.2 Å². The van der Waals surface area contributed by atoms with Gasteiger partial charge in [-0.3, -0.25) is 9.79 Å². The molecule has 0 radical (unpaired) electrons. The van der Waals surface area contributed by atoms with Crippen LogP contribution in [0.25, 0.3) is 5.69 Å². The van der Waals surface area contributed by atoms with Gasteiger partial charge in [-0.2, -0.15) is 5.10 Å². The molecule has 0 unspecified atom stereocenters. The van der Waals surface area contributed by atoms with Crippen LogP contribution in [-0.2, 0) is 11.3 Å². The lowest BCUT2D eigenvalue weighted by Crippen LogP contribution is -2.45. The Morgan fingerprint density at radius 3 is 2.57 bits per heavy atom. The number of aliphatic imine (C=N–C) groups is 1. The van der Waals surface area contributed by atoms with Crippen LogP contribution in [0.4, 0.5) is 0 Å². The number of aromatic nitrogens is 2. The maximum Gasteiger partial charge on any atom is 0.220 e. The monoisotopic (exact) mass is 496 g/mol. The molecule has 1 fully saturated rings. The highest BCUT2D eigenvalue weighted by molar-refractivity contribution is 14.0. The van der Waals surface area contributed by atoms with Gasteiger partial charge in [-0.1, -0.05) is 18.2 Å². The van der Waals surface area contributed by atoms with E-state index >= 15 is 0 Å². The fourth-order valence-electron chi connectivity index (χ4n) is 3.40. The van der Waals surface area contributed by atoms with Crippen molar-refractivity contribution in [1.29, 1.82) is 0 Å². The molecule has 0 aliphatic carbocycles. The quantitative estimate of drug-likeness (QED) is 0.379. The molecule has 0 spiro atoms. The van der Waals surface area contributed by atoms with Gasteiger partial charge in [0.05, 0.1) is 17.9 Å². The number of carbonyl (C=O) groups is 1. The van der Waals surface area contributed by atoms with E-state index in [0.29, 0.717) is 18.9 Å². The van der Waals surface area contributed by atoms with Gasteiger partial charge in [0.15, 0.2) is 5.96 Å². The van der Waals surface area contributed by atoms with Crippen LogP contribution < -0.4 is 10.6 Å². The van der Waals surface area contributed by atoms with Crippen LogP contribution in [0, 0.1) is 5.92 Å². The van der Waals surface area contributed by atoms with Gasteiger partial charge in [0.25, 0.3) is 0 Å². The van der Waals surface area contributed by atoms with Crippen molar-refractivity contribution >= 4 is 35.8 Å². The number of piperidine rings is 1. The SMILES string of the molecule is CN=C(NCc1ccn(-c2ccccc2)n1)N1CCC(CC(=O)NC)CC1.I. The number of nitrogens with one attached hydrogen (secondary N) is 2. The highest BCUT2D eigenvalue weighted by Crippen LogP contribution is 2.20. The molecule has 2 N–H and O–H groups in total. The lowest BCUT2D eigenvalue weighted by molar-refractivity contribution is -0.121. The molecule has 2 aromatic rings. The van der Waals surface area contributed by atoms with Crippen molar-refractivity contribution in [3.05, 3.63) is 48.3 Å². The number of halogens is 1. The van der Waals surface area contributed by atoms with E-state index in [1.54, 1.807) is 7.05 Å². The van der Waals surface area contributed by atoms with E-state index in [4.69, 9.17) is 0 Å². The molecule has 0 bridgehead atoms. The van der Waals surface area contributed by atoms with Crippen LogP contribution in [0.5, 0.6) is 0 Å². The van der Waals surface area contributed by atoms with Gasteiger partial charge in [-0.25, -0.2) is 4.68 Å². The molecule has 8 heteroatoms. The first-order chi connectivity index (χ1) is 13.2. The normalized spacial score (nSPS) is 15.1. The summed E-state index contributed by atoms with van der Waals surface area (Å²) in [6.07, 6.45) is 4.61. The second-order valence-corrected chi connectivity index (χ2v) is 6.80. The smallest absolute Gasteiger partial charge is 0.220 e. The lowest BCUT2D eigenvalue weighted by Gasteiger charge is -2.34. The van der Waals surface area contributed by atoms with E-state index in [0.717, 1.165) is 43.3 Å². The Hall–Kier alpha value is -2.10. The summed E-state index contributed by atoms with van der Waals surface area (Å²) in [6.45, 7) is 2.46. The number of benzene rings is 1. The van der Waals surface area contributed by atoms with Gasteiger partial charge in [0.2, 0.25) is 5.91 Å². The Morgan fingerprint density at radius 1 is 1.21 bits per heavy atom. The molecule has 2 heterocycles. The first kappa shape index (κ1) is 22.2. The average Bonchev–Trinajstić information content (AvgIpc) is 3.19. The minimum atomic E-state index is 0. The summed E-state index contributed by atoms with van der Waals surface area (Å²) >= 11 is 0. The fraction of sp³-hybridized carbons (Fsp3) is 0.450. The van der Waals surface area contributed by atoms with Gasteiger partial charge >= 0.3 is 0 Å². The summed E-state index contributed by atoms with van der Waals surface area (Å²) in [4.78, 5) is 18.2. The van der Waals surface area contributed by atoms with E-state index in [9.17, 15) is 4.79 Å². The molecule has 152 valence electrons. The van der Waals surface area contributed by atoms with Crippen LogP contribution >= 0.6 is 24.0 Å². The van der Waals surface area contributed by atoms with Crippen molar-refractivity contribution in [3.8, 4) is 5.69 Å². The molecule has 7 nitrogen and oxygen atoms in total. The molecule has 0 saturated carbocycles. The second kappa shape index (κ2) is 11.0. The number of hydrogen-bond donors (Lipinski definition) is 2. The van der Waals surface area contributed by atoms with Gasteiger partial charge in [-0.15, -0.1) is 24.0 Å². The van der Waals surface area contributed by atoms with Crippen molar-refractivity contribution in [3.63, 3.8) is 0 Å². The van der Waals surface area contributed by atoms with Gasteiger partial charge in [0, 0.05) is 39.8 Å². The Bertz CT molecular complexity index is 768. The number of rotatable bonds is 5. The highest BCUT2D eigenvalue weighted by Gasteiger charge is 2.23. The van der Waals surface area contributed by atoms with E-state index < -0.39 is 0 Å². The number of nitrogens with zero attached hydrogens (tertiary/aromatic N) is 4. The van der Waals surface area contributed by atoms with Gasteiger partial charge < -0.3 is 15.5 Å². The zero-order valence-electron chi connectivity index (χ0n) is 16.5. The summed E-state index contributed by atoms with van der Waals surface area (Å²) < 4.78 is 1.88. The summed E-state index contributed by atoms with van der Waals surface area (Å²) in [7, 11) is 3.50. The molecule has 1 aromatic heterocycles. The summed E-state index contributed by atoms with van der Waals surface area (Å²) in [5.41, 5.74) is 2.01. The van der Waals surface area contributed by atoms with E-state index in [-0.39, 0.29) is 29.9 Å². The first-order valence-corrected chi connectivity index (χ1v) is 9.45. The van der Waals surface area contributed by atoms with Crippen LogP contribution in [0.1, 0.15) is 25.0 Å². The van der Waals surface area contributed by atoms with Crippen molar-refractivity contribution in [2.45, 2.75) is 25.8 Å². The topological polar surface area (TPSA) is 74.5 Å². The summed E-state index contributed by atoms with van der Waals surface area (Å²) in [5, 5.41) is 10.7. The van der Waals surface area contributed by atoms with Crippen LogP contribution in [0.2, 0.25) is 0 Å². The van der Waals surface area contributed by atoms with E-state index in [2.05, 4.69) is 25.6 Å². The van der Waals surface area contributed by atoms with E-state index in [1.807, 2.05) is 54.3 Å². The molecular formula is C20H29IN6O. The zero-order valence-corrected chi connectivity index (χ0v) is 18.8. The number of guanidine groups is 1. The number of likely N-dealkylation sites (tertiary alicyclic amines) is 1.